The Morgan fingerprint density at radius 2 is 1.96 bits per heavy atom. The van der Waals surface area contributed by atoms with Gasteiger partial charge in [-0.05, 0) is 29.8 Å². The van der Waals surface area contributed by atoms with Gasteiger partial charge in [-0.3, -0.25) is 9.78 Å². The molecule has 0 aliphatic rings. The van der Waals surface area contributed by atoms with Crippen molar-refractivity contribution in [1.82, 2.24) is 14.5 Å². The number of aromatic nitrogens is 3. The summed E-state index contributed by atoms with van der Waals surface area (Å²) in [6.45, 7) is 0.481. The summed E-state index contributed by atoms with van der Waals surface area (Å²) in [4.78, 5) is 25.9. The summed E-state index contributed by atoms with van der Waals surface area (Å²) in [5.74, 6) is -0.438. The molecule has 2 aromatic carbocycles. The zero-order valence-electron chi connectivity index (χ0n) is 13.8. The first-order chi connectivity index (χ1) is 13.1. The van der Waals surface area contributed by atoms with E-state index < -0.39 is 5.91 Å². The van der Waals surface area contributed by atoms with Crippen LogP contribution in [0.3, 0.4) is 0 Å². The van der Waals surface area contributed by atoms with Crippen LogP contribution in [0.25, 0.3) is 11.0 Å². The predicted molar refractivity (Wildman–Crippen MR) is 107 cm³/mol. The Morgan fingerprint density at radius 1 is 1.15 bits per heavy atom. The number of thiazole rings is 1. The molecule has 2 aromatic heterocycles. The summed E-state index contributed by atoms with van der Waals surface area (Å²) < 4.78 is 1.85. The van der Waals surface area contributed by atoms with Gasteiger partial charge in [0.1, 0.15) is 5.69 Å². The van der Waals surface area contributed by atoms with Gasteiger partial charge in [0.15, 0.2) is 4.80 Å². The molecule has 0 bridgehead atoms. The van der Waals surface area contributed by atoms with Crippen molar-refractivity contribution in [2.24, 2.45) is 4.99 Å². The number of amides is 1. The molecule has 0 radical (unpaired) electrons. The second-order valence-electron chi connectivity index (χ2n) is 5.71. The normalized spacial score (nSPS) is 11.9. The van der Waals surface area contributed by atoms with Crippen molar-refractivity contribution >= 4 is 51.5 Å². The number of carbonyl (C=O) groups excluding carboxylic acids is 1. The van der Waals surface area contributed by atoms with Gasteiger partial charge >= 0.3 is 0 Å². The fourth-order valence-electron chi connectivity index (χ4n) is 2.54. The van der Waals surface area contributed by atoms with Crippen LogP contribution in [-0.4, -0.2) is 20.4 Å². The first kappa shape index (κ1) is 17.9. The summed E-state index contributed by atoms with van der Waals surface area (Å²) in [5, 5.41) is 3.01. The van der Waals surface area contributed by atoms with E-state index in [4.69, 9.17) is 23.2 Å². The molecular formula is C19H12Cl2N4OS. The Balaban J connectivity index is 1.66. The fraction of sp³-hybridized carbons (Fsp3) is 0.0526. The SMILES string of the molecule is O=C(N=c1sccn1Cc1ccc(Cl)cc1Cl)c1cnc2ccccc2n1. The summed E-state index contributed by atoms with van der Waals surface area (Å²) in [5.41, 5.74) is 2.49. The number of carbonyl (C=O) groups is 1. The Labute approximate surface area is 168 Å². The van der Waals surface area contributed by atoms with Gasteiger partial charge in [-0.1, -0.05) is 41.4 Å². The van der Waals surface area contributed by atoms with Gasteiger partial charge in [0.25, 0.3) is 5.91 Å². The molecule has 134 valence electrons. The summed E-state index contributed by atoms with van der Waals surface area (Å²) in [6, 6.07) is 12.7. The quantitative estimate of drug-likeness (QED) is 0.492. The lowest BCUT2D eigenvalue weighted by Crippen LogP contribution is -2.17. The molecule has 4 rings (SSSR count). The molecular weight excluding hydrogens is 403 g/mol. The van der Waals surface area contributed by atoms with Crippen molar-refractivity contribution in [2.75, 3.05) is 0 Å². The van der Waals surface area contributed by atoms with E-state index in [1.165, 1.54) is 17.5 Å². The lowest BCUT2D eigenvalue weighted by molar-refractivity contribution is 0.0993. The summed E-state index contributed by atoms with van der Waals surface area (Å²) in [6.07, 6.45) is 3.30. The highest BCUT2D eigenvalue weighted by Crippen LogP contribution is 2.21. The monoisotopic (exact) mass is 414 g/mol. The van der Waals surface area contributed by atoms with Crippen LogP contribution < -0.4 is 4.80 Å². The number of hydrogen-bond acceptors (Lipinski definition) is 4. The maximum atomic E-state index is 12.6. The van der Waals surface area contributed by atoms with Crippen molar-refractivity contribution in [3.8, 4) is 0 Å². The van der Waals surface area contributed by atoms with Gasteiger partial charge in [0.2, 0.25) is 0 Å². The maximum absolute atomic E-state index is 12.6. The average Bonchev–Trinajstić information content (AvgIpc) is 3.10. The zero-order valence-corrected chi connectivity index (χ0v) is 16.2. The number of para-hydroxylation sites is 2. The van der Waals surface area contributed by atoms with Crippen molar-refractivity contribution < 1.29 is 4.79 Å². The highest BCUT2D eigenvalue weighted by atomic mass is 35.5. The molecule has 0 spiro atoms. The fourth-order valence-corrected chi connectivity index (χ4v) is 3.74. The largest absolute Gasteiger partial charge is 0.319 e. The molecule has 0 saturated heterocycles. The number of rotatable bonds is 3. The van der Waals surface area contributed by atoms with E-state index in [9.17, 15) is 4.79 Å². The average molecular weight is 415 g/mol. The van der Waals surface area contributed by atoms with E-state index in [2.05, 4.69) is 15.0 Å². The second-order valence-corrected chi connectivity index (χ2v) is 7.43. The maximum Gasteiger partial charge on any atom is 0.299 e. The molecule has 0 aliphatic heterocycles. The van der Waals surface area contributed by atoms with Crippen LogP contribution >= 0.6 is 34.5 Å². The molecule has 0 fully saturated rings. The minimum Gasteiger partial charge on any atom is -0.319 e. The predicted octanol–water partition coefficient (Wildman–Crippen LogP) is 4.59. The van der Waals surface area contributed by atoms with Crippen LogP contribution in [0.2, 0.25) is 10.0 Å². The topological polar surface area (TPSA) is 60.1 Å². The van der Waals surface area contributed by atoms with Gasteiger partial charge in [-0.15, -0.1) is 11.3 Å². The Hall–Kier alpha value is -2.54. The van der Waals surface area contributed by atoms with E-state index in [1.54, 1.807) is 12.1 Å². The van der Waals surface area contributed by atoms with E-state index >= 15 is 0 Å². The third-order valence-corrected chi connectivity index (χ3v) is 5.26. The van der Waals surface area contributed by atoms with E-state index in [0.717, 1.165) is 11.1 Å². The Kier molecular flexibility index (Phi) is 5.03. The third-order valence-electron chi connectivity index (χ3n) is 3.88. The van der Waals surface area contributed by atoms with Crippen LogP contribution in [0.4, 0.5) is 0 Å². The molecule has 4 aromatic rings. The molecule has 27 heavy (non-hydrogen) atoms. The molecule has 0 saturated carbocycles. The Morgan fingerprint density at radius 3 is 2.78 bits per heavy atom. The minimum absolute atomic E-state index is 0.207. The molecule has 0 unspecified atom stereocenters. The van der Waals surface area contributed by atoms with Gasteiger partial charge in [-0.2, -0.15) is 4.99 Å². The molecule has 8 heteroatoms. The first-order valence-corrected chi connectivity index (χ1v) is 9.62. The first-order valence-electron chi connectivity index (χ1n) is 7.99. The van der Waals surface area contributed by atoms with E-state index in [1.807, 2.05) is 46.5 Å². The number of hydrogen-bond donors (Lipinski definition) is 0. The van der Waals surface area contributed by atoms with Crippen LogP contribution in [0.1, 0.15) is 16.1 Å². The molecule has 2 heterocycles. The van der Waals surface area contributed by atoms with Crippen molar-refractivity contribution in [1.29, 1.82) is 0 Å². The van der Waals surface area contributed by atoms with Crippen molar-refractivity contribution in [3.05, 3.63) is 86.3 Å². The number of fused-ring (bicyclic) bond motifs is 1. The number of halogens is 2. The zero-order chi connectivity index (χ0) is 18.8. The van der Waals surface area contributed by atoms with E-state index in [-0.39, 0.29) is 5.69 Å². The lowest BCUT2D eigenvalue weighted by Gasteiger charge is -2.06. The molecule has 5 nitrogen and oxygen atoms in total. The molecule has 0 atom stereocenters. The van der Waals surface area contributed by atoms with Crippen LogP contribution in [0, 0.1) is 0 Å². The summed E-state index contributed by atoms with van der Waals surface area (Å²) in [7, 11) is 0. The highest BCUT2D eigenvalue weighted by molar-refractivity contribution is 7.07. The third kappa shape index (κ3) is 3.93. The van der Waals surface area contributed by atoms with E-state index in [0.29, 0.717) is 26.9 Å². The van der Waals surface area contributed by atoms with Crippen molar-refractivity contribution in [2.45, 2.75) is 6.54 Å². The standard InChI is InChI=1S/C19H12Cl2N4OS/c20-13-6-5-12(14(21)9-13)11-25-7-8-27-19(25)24-18(26)17-10-22-15-3-1-2-4-16(15)23-17/h1-10H,11H2. The minimum atomic E-state index is -0.438. The van der Waals surface area contributed by atoms with Crippen LogP contribution in [0.5, 0.6) is 0 Å². The highest BCUT2D eigenvalue weighted by Gasteiger charge is 2.10. The smallest absolute Gasteiger partial charge is 0.299 e. The second kappa shape index (κ2) is 7.60. The molecule has 1 amide bonds. The number of nitrogens with zero attached hydrogens (tertiary/aromatic N) is 4. The molecule has 0 aliphatic carbocycles. The lowest BCUT2D eigenvalue weighted by atomic mass is 10.2. The van der Waals surface area contributed by atoms with Crippen molar-refractivity contribution in [3.63, 3.8) is 0 Å². The van der Waals surface area contributed by atoms with Gasteiger partial charge in [0.05, 0.1) is 23.8 Å². The van der Waals surface area contributed by atoms with Gasteiger partial charge < -0.3 is 4.57 Å². The molecule has 0 N–H and O–H groups in total. The van der Waals surface area contributed by atoms with Gasteiger partial charge in [0, 0.05) is 21.6 Å². The van der Waals surface area contributed by atoms with Crippen LogP contribution in [0.15, 0.2) is 65.2 Å². The number of benzene rings is 2. The van der Waals surface area contributed by atoms with Gasteiger partial charge in [-0.25, -0.2) is 4.98 Å². The Bertz CT molecular complexity index is 1220. The summed E-state index contributed by atoms with van der Waals surface area (Å²) >= 11 is 13.6. The van der Waals surface area contributed by atoms with Crippen LogP contribution in [-0.2, 0) is 6.54 Å².